The van der Waals surface area contributed by atoms with Crippen molar-refractivity contribution in [3.63, 3.8) is 0 Å². The molecule has 0 saturated heterocycles. The minimum atomic E-state index is -0.236. The van der Waals surface area contributed by atoms with Gasteiger partial charge in [0.25, 0.3) is 5.91 Å². The van der Waals surface area contributed by atoms with Crippen LogP contribution in [0.2, 0.25) is 0 Å². The van der Waals surface area contributed by atoms with E-state index in [4.69, 9.17) is 0 Å². The smallest absolute Gasteiger partial charge is 0.273 e. The fraction of sp³-hybridized carbons (Fsp3) is 0.100. The summed E-state index contributed by atoms with van der Waals surface area (Å²) in [5.74, 6) is -0.236. The summed E-state index contributed by atoms with van der Waals surface area (Å²) in [5, 5.41) is 12.4. The van der Waals surface area contributed by atoms with Crippen LogP contribution in [-0.4, -0.2) is 32.4 Å². The highest BCUT2D eigenvalue weighted by atomic mass is 16.2. The van der Waals surface area contributed by atoms with Crippen molar-refractivity contribution in [3.8, 4) is 5.69 Å². The first-order valence-corrected chi connectivity index (χ1v) is 8.40. The van der Waals surface area contributed by atoms with Gasteiger partial charge in [-0.25, -0.2) is 0 Å². The van der Waals surface area contributed by atoms with E-state index in [0.29, 0.717) is 18.7 Å². The van der Waals surface area contributed by atoms with E-state index < -0.39 is 0 Å². The molecule has 6 nitrogen and oxygen atoms in total. The molecule has 0 aliphatic carbocycles. The number of carbonyl (C=O) groups excluding carboxylic acids is 1. The molecule has 0 atom stereocenters. The van der Waals surface area contributed by atoms with E-state index in [2.05, 4.69) is 20.5 Å². The van der Waals surface area contributed by atoms with Crippen LogP contribution in [0.5, 0.6) is 0 Å². The summed E-state index contributed by atoms with van der Waals surface area (Å²) in [6.07, 6.45) is 3.96. The summed E-state index contributed by atoms with van der Waals surface area (Å²) >= 11 is 0. The van der Waals surface area contributed by atoms with Gasteiger partial charge >= 0.3 is 0 Å². The first-order chi connectivity index (χ1) is 12.8. The highest BCUT2D eigenvalue weighted by Gasteiger charge is 2.11. The normalized spacial score (nSPS) is 10.8. The summed E-state index contributed by atoms with van der Waals surface area (Å²) in [6.45, 7) is 0.507. The molecule has 0 fully saturated rings. The molecule has 0 aliphatic rings. The standard InChI is InChI=1S/C20H17N5O/c26-20(18-14-23-25(24-18)17-9-2-1-3-10-17)22-13-11-16-7-4-6-15-8-5-12-21-19(15)16/h1-10,12,14H,11,13H2,(H,22,26). The van der Waals surface area contributed by atoms with Crippen LogP contribution in [0.15, 0.2) is 73.1 Å². The summed E-state index contributed by atoms with van der Waals surface area (Å²) in [5.41, 5.74) is 3.19. The molecule has 4 rings (SSSR count). The Morgan fingerprint density at radius 3 is 2.73 bits per heavy atom. The van der Waals surface area contributed by atoms with Crippen LogP contribution in [-0.2, 0) is 6.42 Å². The van der Waals surface area contributed by atoms with Crippen molar-refractivity contribution < 1.29 is 4.79 Å². The summed E-state index contributed by atoms with van der Waals surface area (Å²) in [7, 11) is 0. The number of carbonyl (C=O) groups is 1. The van der Waals surface area contributed by atoms with Gasteiger partial charge in [-0.05, 0) is 30.2 Å². The van der Waals surface area contributed by atoms with Gasteiger partial charge in [0.05, 0.1) is 17.4 Å². The third-order valence-electron chi connectivity index (χ3n) is 4.11. The fourth-order valence-electron chi connectivity index (χ4n) is 2.82. The molecule has 2 aromatic carbocycles. The Hall–Kier alpha value is -3.54. The monoisotopic (exact) mass is 343 g/mol. The molecule has 0 bridgehead atoms. The lowest BCUT2D eigenvalue weighted by molar-refractivity contribution is 0.0948. The molecule has 26 heavy (non-hydrogen) atoms. The van der Waals surface area contributed by atoms with E-state index in [1.807, 2.05) is 60.7 Å². The topological polar surface area (TPSA) is 72.7 Å². The molecule has 0 aliphatic heterocycles. The predicted octanol–water partition coefficient (Wildman–Crippen LogP) is 2.79. The molecule has 128 valence electrons. The van der Waals surface area contributed by atoms with Crippen LogP contribution in [0.3, 0.4) is 0 Å². The zero-order valence-electron chi connectivity index (χ0n) is 14.0. The van der Waals surface area contributed by atoms with Crippen LogP contribution in [0.25, 0.3) is 16.6 Å². The number of fused-ring (bicyclic) bond motifs is 1. The average Bonchev–Trinajstić information content (AvgIpc) is 3.19. The van der Waals surface area contributed by atoms with E-state index in [0.717, 1.165) is 22.2 Å². The Balaban J connectivity index is 1.41. The van der Waals surface area contributed by atoms with Crippen molar-refractivity contribution in [3.05, 3.63) is 84.3 Å². The van der Waals surface area contributed by atoms with E-state index in [1.54, 1.807) is 6.20 Å². The third kappa shape index (κ3) is 3.30. The number of hydrogen-bond acceptors (Lipinski definition) is 4. The zero-order chi connectivity index (χ0) is 17.8. The molecule has 2 heterocycles. The molecule has 0 saturated carbocycles. The summed E-state index contributed by atoms with van der Waals surface area (Å²) in [6, 6.07) is 19.5. The average molecular weight is 343 g/mol. The molecule has 0 unspecified atom stereocenters. The lowest BCUT2D eigenvalue weighted by Gasteiger charge is -2.06. The predicted molar refractivity (Wildman–Crippen MR) is 99.1 cm³/mol. The molecule has 1 amide bonds. The van der Waals surface area contributed by atoms with Crippen LogP contribution < -0.4 is 5.32 Å². The Bertz CT molecular complexity index is 1040. The maximum Gasteiger partial charge on any atom is 0.273 e. The van der Waals surface area contributed by atoms with E-state index >= 15 is 0 Å². The second-order valence-corrected chi connectivity index (χ2v) is 5.85. The SMILES string of the molecule is O=C(NCCc1cccc2cccnc12)c1cnn(-c2ccccc2)n1. The Labute approximate surface area is 150 Å². The Morgan fingerprint density at radius 1 is 1.00 bits per heavy atom. The van der Waals surface area contributed by atoms with Crippen molar-refractivity contribution in [2.24, 2.45) is 0 Å². The lowest BCUT2D eigenvalue weighted by Crippen LogP contribution is -2.26. The molecule has 2 aromatic heterocycles. The highest BCUT2D eigenvalue weighted by Crippen LogP contribution is 2.16. The lowest BCUT2D eigenvalue weighted by atomic mass is 10.1. The molecule has 0 spiro atoms. The summed E-state index contributed by atoms with van der Waals surface area (Å²) < 4.78 is 0. The number of nitrogens with zero attached hydrogens (tertiary/aromatic N) is 4. The van der Waals surface area contributed by atoms with Crippen molar-refractivity contribution >= 4 is 16.8 Å². The molecule has 6 heteroatoms. The zero-order valence-corrected chi connectivity index (χ0v) is 14.0. The largest absolute Gasteiger partial charge is 0.350 e. The molecule has 4 aromatic rings. The number of amides is 1. The summed E-state index contributed by atoms with van der Waals surface area (Å²) in [4.78, 5) is 18.2. The minimum Gasteiger partial charge on any atom is -0.350 e. The van der Waals surface area contributed by atoms with Crippen molar-refractivity contribution in [2.75, 3.05) is 6.54 Å². The van der Waals surface area contributed by atoms with E-state index in [-0.39, 0.29) is 5.91 Å². The van der Waals surface area contributed by atoms with Crippen LogP contribution in [0.4, 0.5) is 0 Å². The fourth-order valence-corrected chi connectivity index (χ4v) is 2.82. The number of rotatable bonds is 5. The molecular formula is C20H17N5O. The highest BCUT2D eigenvalue weighted by molar-refractivity contribution is 5.91. The first kappa shape index (κ1) is 16.0. The van der Waals surface area contributed by atoms with Gasteiger partial charge in [-0.2, -0.15) is 9.90 Å². The minimum absolute atomic E-state index is 0.236. The van der Waals surface area contributed by atoms with Gasteiger partial charge in [-0.1, -0.05) is 42.5 Å². The van der Waals surface area contributed by atoms with Crippen LogP contribution >= 0.6 is 0 Å². The second-order valence-electron chi connectivity index (χ2n) is 5.85. The van der Waals surface area contributed by atoms with Gasteiger partial charge < -0.3 is 5.32 Å². The molecular weight excluding hydrogens is 326 g/mol. The van der Waals surface area contributed by atoms with Gasteiger partial charge in [0.2, 0.25) is 0 Å². The van der Waals surface area contributed by atoms with Gasteiger partial charge in [0.15, 0.2) is 5.69 Å². The number of nitrogens with one attached hydrogen (secondary N) is 1. The van der Waals surface area contributed by atoms with Gasteiger partial charge in [0.1, 0.15) is 0 Å². The van der Waals surface area contributed by atoms with Gasteiger partial charge in [0, 0.05) is 18.1 Å². The number of pyridine rings is 1. The third-order valence-corrected chi connectivity index (χ3v) is 4.11. The van der Waals surface area contributed by atoms with Crippen LogP contribution in [0.1, 0.15) is 16.1 Å². The van der Waals surface area contributed by atoms with Crippen molar-refractivity contribution in [1.82, 2.24) is 25.3 Å². The molecule has 1 N–H and O–H groups in total. The number of benzene rings is 2. The Kier molecular flexibility index (Phi) is 4.38. The van der Waals surface area contributed by atoms with Crippen molar-refractivity contribution in [2.45, 2.75) is 6.42 Å². The maximum atomic E-state index is 12.3. The Morgan fingerprint density at radius 2 is 1.85 bits per heavy atom. The van der Waals surface area contributed by atoms with E-state index in [9.17, 15) is 4.79 Å². The number of para-hydroxylation sites is 2. The molecule has 0 radical (unpaired) electrons. The quantitative estimate of drug-likeness (QED) is 0.605. The van der Waals surface area contributed by atoms with E-state index in [1.165, 1.54) is 11.0 Å². The maximum absolute atomic E-state index is 12.3. The van der Waals surface area contributed by atoms with Gasteiger partial charge in [-0.3, -0.25) is 9.78 Å². The second kappa shape index (κ2) is 7.14. The number of hydrogen-bond donors (Lipinski definition) is 1. The number of aromatic nitrogens is 4. The van der Waals surface area contributed by atoms with Crippen LogP contribution in [0, 0.1) is 0 Å². The van der Waals surface area contributed by atoms with Crippen molar-refractivity contribution in [1.29, 1.82) is 0 Å². The first-order valence-electron chi connectivity index (χ1n) is 8.40. The van der Waals surface area contributed by atoms with Gasteiger partial charge in [-0.15, -0.1) is 5.10 Å².